The Kier molecular flexibility index (Phi) is 3.85. The molecule has 2 fully saturated rings. The molecule has 2 aliphatic rings. The van der Waals surface area contributed by atoms with Crippen LogP contribution in [0, 0.1) is 5.92 Å². The minimum atomic E-state index is 0.199. The summed E-state index contributed by atoms with van der Waals surface area (Å²) in [5, 5.41) is 3.51. The van der Waals surface area contributed by atoms with Gasteiger partial charge in [-0.1, -0.05) is 12.8 Å². The molecular weight excluding hydrogens is 236 g/mol. The SMILES string of the molecule is CNC(c1ccncc1)C1CCOC2(CCCC2)C1. The van der Waals surface area contributed by atoms with Crippen LogP contribution in [-0.2, 0) is 4.74 Å². The molecule has 2 unspecified atom stereocenters. The molecule has 1 saturated heterocycles. The van der Waals surface area contributed by atoms with Crippen LogP contribution in [0.2, 0.25) is 0 Å². The summed E-state index contributed by atoms with van der Waals surface area (Å²) in [7, 11) is 2.07. The van der Waals surface area contributed by atoms with Crippen molar-refractivity contribution in [1.82, 2.24) is 10.3 Å². The van der Waals surface area contributed by atoms with Crippen molar-refractivity contribution in [3.8, 4) is 0 Å². The zero-order valence-corrected chi connectivity index (χ0v) is 11.8. The zero-order chi connectivity index (χ0) is 13.1. The maximum absolute atomic E-state index is 6.15. The first-order valence-corrected chi connectivity index (χ1v) is 7.54. The first kappa shape index (κ1) is 13.1. The summed E-state index contributed by atoms with van der Waals surface area (Å²) in [5.41, 5.74) is 1.56. The van der Waals surface area contributed by atoms with Crippen molar-refractivity contribution in [3.63, 3.8) is 0 Å². The van der Waals surface area contributed by atoms with Crippen LogP contribution in [0.3, 0.4) is 0 Å². The van der Waals surface area contributed by atoms with Crippen LogP contribution in [0.4, 0.5) is 0 Å². The van der Waals surface area contributed by atoms with Crippen LogP contribution in [0.15, 0.2) is 24.5 Å². The van der Waals surface area contributed by atoms with Crippen molar-refractivity contribution in [2.75, 3.05) is 13.7 Å². The number of hydrogen-bond acceptors (Lipinski definition) is 3. The fraction of sp³-hybridized carbons (Fsp3) is 0.688. The summed E-state index contributed by atoms with van der Waals surface area (Å²) >= 11 is 0. The van der Waals surface area contributed by atoms with Crippen LogP contribution in [0.1, 0.15) is 50.1 Å². The van der Waals surface area contributed by atoms with Crippen molar-refractivity contribution in [3.05, 3.63) is 30.1 Å². The fourth-order valence-corrected chi connectivity index (χ4v) is 3.96. The number of aromatic nitrogens is 1. The number of rotatable bonds is 3. The number of nitrogens with one attached hydrogen (secondary N) is 1. The topological polar surface area (TPSA) is 34.2 Å². The van der Waals surface area contributed by atoms with E-state index in [0.717, 1.165) is 13.0 Å². The van der Waals surface area contributed by atoms with Gasteiger partial charge in [0.15, 0.2) is 0 Å². The number of ether oxygens (including phenoxy) is 1. The third kappa shape index (κ3) is 2.67. The van der Waals surface area contributed by atoms with E-state index >= 15 is 0 Å². The van der Waals surface area contributed by atoms with E-state index in [2.05, 4.69) is 29.5 Å². The molecule has 3 heteroatoms. The second-order valence-corrected chi connectivity index (χ2v) is 6.04. The van der Waals surface area contributed by atoms with Gasteiger partial charge in [-0.3, -0.25) is 4.98 Å². The Bertz CT molecular complexity index is 400. The Morgan fingerprint density at radius 1 is 1.32 bits per heavy atom. The third-order valence-corrected chi connectivity index (χ3v) is 4.89. The maximum atomic E-state index is 6.15. The predicted molar refractivity (Wildman–Crippen MR) is 75.9 cm³/mol. The van der Waals surface area contributed by atoms with Gasteiger partial charge >= 0.3 is 0 Å². The average molecular weight is 260 g/mol. The maximum Gasteiger partial charge on any atom is 0.0686 e. The molecule has 0 bridgehead atoms. The van der Waals surface area contributed by atoms with Gasteiger partial charge in [-0.15, -0.1) is 0 Å². The summed E-state index contributed by atoms with van der Waals surface area (Å²) in [5.74, 6) is 0.680. The third-order valence-electron chi connectivity index (χ3n) is 4.89. The molecule has 0 amide bonds. The first-order valence-electron chi connectivity index (χ1n) is 7.54. The minimum Gasteiger partial charge on any atom is -0.375 e. The first-order chi connectivity index (χ1) is 9.33. The van der Waals surface area contributed by atoms with Gasteiger partial charge in [0, 0.05) is 25.0 Å². The molecule has 1 aromatic rings. The van der Waals surface area contributed by atoms with Gasteiger partial charge < -0.3 is 10.1 Å². The highest BCUT2D eigenvalue weighted by molar-refractivity contribution is 5.16. The molecule has 2 heterocycles. The summed E-state index contributed by atoms with van der Waals surface area (Å²) in [6.45, 7) is 0.925. The molecule has 1 spiro atoms. The number of nitrogens with zero attached hydrogens (tertiary/aromatic N) is 1. The Balaban J connectivity index is 1.76. The van der Waals surface area contributed by atoms with Crippen molar-refractivity contribution in [2.45, 2.75) is 50.2 Å². The second-order valence-electron chi connectivity index (χ2n) is 6.04. The van der Waals surface area contributed by atoms with Gasteiger partial charge in [0.25, 0.3) is 0 Å². The Morgan fingerprint density at radius 2 is 2.05 bits per heavy atom. The Hall–Kier alpha value is -0.930. The van der Waals surface area contributed by atoms with Gasteiger partial charge in [0.2, 0.25) is 0 Å². The van der Waals surface area contributed by atoms with E-state index in [0.29, 0.717) is 12.0 Å². The van der Waals surface area contributed by atoms with E-state index < -0.39 is 0 Å². The zero-order valence-electron chi connectivity index (χ0n) is 11.8. The molecule has 1 N–H and O–H groups in total. The molecule has 3 rings (SSSR count). The molecule has 0 aromatic carbocycles. The molecule has 0 radical (unpaired) electrons. The van der Waals surface area contributed by atoms with Crippen LogP contribution >= 0.6 is 0 Å². The molecular formula is C16H24N2O. The smallest absolute Gasteiger partial charge is 0.0686 e. The number of hydrogen-bond donors (Lipinski definition) is 1. The molecule has 3 nitrogen and oxygen atoms in total. The summed E-state index contributed by atoms with van der Waals surface area (Å²) in [6, 6.07) is 4.71. The van der Waals surface area contributed by atoms with Gasteiger partial charge in [-0.2, -0.15) is 0 Å². The number of pyridine rings is 1. The van der Waals surface area contributed by atoms with Crippen molar-refractivity contribution < 1.29 is 4.74 Å². The lowest BCUT2D eigenvalue weighted by atomic mass is 9.79. The van der Waals surface area contributed by atoms with E-state index in [-0.39, 0.29) is 5.60 Å². The summed E-state index contributed by atoms with van der Waals surface area (Å²) < 4.78 is 6.15. The minimum absolute atomic E-state index is 0.199. The van der Waals surface area contributed by atoms with E-state index in [4.69, 9.17) is 4.74 Å². The van der Waals surface area contributed by atoms with E-state index in [1.807, 2.05) is 12.4 Å². The van der Waals surface area contributed by atoms with E-state index in [9.17, 15) is 0 Å². The standard InChI is InChI=1S/C16H24N2O/c1-17-15(13-4-9-18-10-5-13)14-6-11-19-16(12-14)7-2-3-8-16/h4-5,9-10,14-15,17H,2-3,6-8,11-12H2,1H3. The second kappa shape index (κ2) is 5.59. The summed E-state index contributed by atoms with van der Waals surface area (Å²) in [6.07, 6.45) is 11.4. The van der Waals surface area contributed by atoms with Gasteiger partial charge in [0.05, 0.1) is 5.60 Å². The lowest BCUT2D eigenvalue weighted by Gasteiger charge is -2.41. The lowest BCUT2D eigenvalue weighted by molar-refractivity contribution is -0.0978. The van der Waals surface area contributed by atoms with Gasteiger partial charge in [0.1, 0.15) is 0 Å². The average Bonchev–Trinajstić information content (AvgIpc) is 2.89. The quantitative estimate of drug-likeness (QED) is 0.907. The fourth-order valence-electron chi connectivity index (χ4n) is 3.96. The highest BCUT2D eigenvalue weighted by Gasteiger charge is 2.41. The van der Waals surface area contributed by atoms with Crippen LogP contribution < -0.4 is 5.32 Å². The van der Waals surface area contributed by atoms with Crippen LogP contribution in [0.25, 0.3) is 0 Å². The summed E-state index contributed by atoms with van der Waals surface area (Å²) in [4.78, 5) is 4.13. The van der Waals surface area contributed by atoms with E-state index in [1.54, 1.807) is 0 Å². The largest absolute Gasteiger partial charge is 0.375 e. The van der Waals surface area contributed by atoms with Crippen LogP contribution in [0.5, 0.6) is 0 Å². The van der Waals surface area contributed by atoms with Crippen LogP contribution in [-0.4, -0.2) is 24.2 Å². The molecule has 19 heavy (non-hydrogen) atoms. The highest BCUT2D eigenvalue weighted by atomic mass is 16.5. The Morgan fingerprint density at radius 3 is 2.74 bits per heavy atom. The van der Waals surface area contributed by atoms with Gasteiger partial charge in [-0.25, -0.2) is 0 Å². The Labute approximate surface area is 115 Å². The highest BCUT2D eigenvalue weighted by Crippen LogP contribution is 2.45. The molecule has 1 aromatic heterocycles. The molecule has 1 aliphatic heterocycles. The van der Waals surface area contributed by atoms with Crippen molar-refractivity contribution in [1.29, 1.82) is 0 Å². The monoisotopic (exact) mass is 260 g/mol. The normalized spacial score (nSPS) is 27.5. The lowest BCUT2D eigenvalue weighted by Crippen LogP contribution is -2.41. The predicted octanol–water partition coefficient (Wildman–Crippen LogP) is 3.08. The molecule has 2 atom stereocenters. The molecule has 1 saturated carbocycles. The van der Waals surface area contributed by atoms with Crippen molar-refractivity contribution >= 4 is 0 Å². The van der Waals surface area contributed by atoms with E-state index in [1.165, 1.54) is 37.7 Å². The van der Waals surface area contributed by atoms with Gasteiger partial charge in [-0.05, 0) is 56.3 Å². The van der Waals surface area contributed by atoms with Crippen molar-refractivity contribution in [2.24, 2.45) is 5.92 Å². The molecule has 104 valence electrons. The molecule has 1 aliphatic carbocycles.